The maximum Gasteiger partial charge on any atom is 0.136 e. The van der Waals surface area contributed by atoms with E-state index in [-0.39, 0.29) is 6.61 Å². The monoisotopic (exact) mass is 293 g/mol. The lowest BCUT2D eigenvalue weighted by molar-refractivity contribution is 0.306. The zero-order chi connectivity index (χ0) is 15.5. The summed E-state index contributed by atoms with van der Waals surface area (Å²) in [7, 11) is 0. The first-order valence-corrected chi connectivity index (χ1v) is 7.40. The predicted molar refractivity (Wildman–Crippen MR) is 88.6 cm³/mol. The van der Waals surface area contributed by atoms with Crippen molar-refractivity contribution in [1.82, 2.24) is 0 Å². The molecule has 0 aliphatic carbocycles. The molecule has 2 aromatic carbocycles. The smallest absolute Gasteiger partial charge is 0.136 e. The predicted octanol–water partition coefficient (Wildman–Crippen LogP) is 3.61. The van der Waals surface area contributed by atoms with Crippen LogP contribution in [0.1, 0.15) is 11.1 Å². The number of benzene rings is 2. The molecule has 0 aliphatic heterocycles. The molecule has 1 N–H and O–H groups in total. The van der Waals surface area contributed by atoms with Gasteiger partial charge in [0.25, 0.3) is 0 Å². The van der Waals surface area contributed by atoms with Crippen LogP contribution in [0.4, 0.5) is 0 Å². The van der Waals surface area contributed by atoms with Crippen LogP contribution in [0.5, 0.6) is 0 Å². The number of aliphatic hydroxyl groups is 1. The maximum absolute atomic E-state index is 9.05. The Morgan fingerprint density at radius 2 is 1.68 bits per heavy atom. The molecular weight excluding hydrogens is 274 g/mol. The highest BCUT2D eigenvalue weighted by atomic mass is 16.3. The summed E-state index contributed by atoms with van der Waals surface area (Å²) in [6.07, 6.45) is 0. The fourth-order valence-electron chi connectivity index (χ4n) is 2.44. The summed E-state index contributed by atoms with van der Waals surface area (Å²) in [5, 5.41) is 10.9. The molecule has 0 fully saturated rings. The van der Waals surface area contributed by atoms with Crippen LogP contribution in [0.3, 0.4) is 0 Å². The van der Waals surface area contributed by atoms with Crippen molar-refractivity contribution in [2.75, 3.05) is 13.2 Å². The number of hydrogen-bond acceptors (Lipinski definition) is 3. The lowest BCUT2D eigenvalue weighted by atomic mass is 10.1. The highest BCUT2D eigenvalue weighted by Crippen LogP contribution is 2.23. The van der Waals surface area contributed by atoms with Gasteiger partial charge in [0, 0.05) is 17.0 Å². The minimum absolute atomic E-state index is 0.0409. The molecule has 1 heterocycles. The minimum atomic E-state index is 0.0409. The third-order valence-corrected chi connectivity index (χ3v) is 3.62. The normalized spacial score (nSPS) is 12.0. The molecule has 0 saturated heterocycles. The molecule has 0 aliphatic rings. The average Bonchev–Trinajstić information content (AvgIpc) is 2.53. The second-order valence-electron chi connectivity index (χ2n) is 5.47. The molecule has 1 aromatic heterocycles. The van der Waals surface area contributed by atoms with Crippen molar-refractivity contribution in [3.05, 3.63) is 65.0 Å². The quantitative estimate of drug-likeness (QED) is 0.802. The van der Waals surface area contributed by atoms with Crippen LogP contribution in [-0.2, 0) is 0 Å². The van der Waals surface area contributed by atoms with Crippen LogP contribution < -0.4 is 5.36 Å². The first kappa shape index (κ1) is 14.5. The van der Waals surface area contributed by atoms with Crippen LogP contribution >= 0.6 is 0 Å². The van der Waals surface area contributed by atoms with Crippen molar-refractivity contribution in [2.45, 2.75) is 13.8 Å². The molecule has 3 nitrogen and oxygen atoms in total. The van der Waals surface area contributed by atoms with Gasteiger partial charge in [-0.15, -0.1) is 0 Å². The van der Waals surface area contributed by atoms with E-state index in [1.54, 1.807) is 0 Å². The molecule has 0 saturated carbocycles. The lowest BCUT2D eigenvalue weighted by Crippen LogP contribution is -2.06. The molecule has 0 bridgehead atoms. The van der Waals surface area contributed by atoms with E-state index in [9.17, 15) is 0 Å². The summed E-state index contributed by atoms with van der Waals surface area (Å²) < 4.78 is 6.04. The van der Waals surface area contributed by atoms with E-state index in [0.717, 1.165) is 33.2 Å². The van der Waals surface area contributed by atoms with E-state index in [1.165, 1.54) is 5.56 Å². The van der Waals surface area contributed by atoms with Crippen molar-refractivity contribution in [3.63, 3.8) is 0 Å². The number of aliphatic hydroxyl groups excluding tert-OH is 1. The summed E-state index contributed by atoms with van der Waals surface area (Å²) in [5.74, 6) is 0.785. The number of aryl methyl sites for hydroxylation is 2. The summed E-state index contributed by atoms with van der Waals surface area (Å²) >= 11 is 0. The van der Waals surface area contributed by atoms with Gasteiger partial charge in [0.1, 0.15) is 11.3 Å². The standard InChI is InChI=1S/C19H19NO2/c1-13-3-6-15(7-4-13)19-12-17(20-9-10-21)16-11-14(2)5-8-18(16)22-19/h3-8,11-12,21H,9-10H2,1-2H3. The molecule has 0 amide bonds. The van der Waals surface area contributed by atoms with Gasteiger partial charge in [-0.3, -0.25) is 4.99 Å². The maximum atomic E-state index is 9.05. The Bertz CT molecular complexity index is 861. The highest BCUT2D eigenvalue weighted by Gasteiger charge is 2.06. The SMILES string of the molecule is Cc1ccc(-c2cc(=NCCO)c3cc(C)ccc3o2)cc1. The molecular formula is C19H19NO2. The largest absolute Gasteiger partial charge is 0.456 e. The molecule has 0 spiro atoms. The Kier molecular flexibility index (Phi) is 4.07. The molecule has 3 aromatic rings. The van der Waals surface area contributed by atoms with Crippen molar-refractivity contribution in [1.29, 1.82) is 0 Å². The third-order valence-electron chi connectivity index (χ3n) is 3.62. The van der Waals surface area contributed by atoms with Gasteiger partial charge >= 0.3 is 0 Å². The van der Waals surface area contributed by atoms with Gasteiger partial charge in [-0.1, -0.05) is 41.5 Å². The third kappa shape index (κ3) is 2.95. The lowest BCUT2D eigenvalue weighted by Gasteiger charge is -2.06. The Morgan fingerprint density at radius 1 is 0.955 bits per heavy atom. The average molecular weight is 293 g/mol. The van der Waals surface area contributed by atoms with E-state index in [1.807, 2.05) is 37.3 Å². The van der Waals surface area contributed by atoms with Gasteiger partial charge in [-0.05, 0) is 26.0 Å². The highest BCUT2D eigenvalue weighted by molar-refractivity contribution is 5.79. The molecule has 22 heavy (non-hydrogen) atoms. The number of rotatable bonds is 3. The van der Waals surface area contributed by atoms with Gasteiger partial charge in [-0.25, -0.2) is 0 Å². The van der Waals surface area contributed by atoms with E-state index < -0.39 is 0 Å². The number of hydrogen-bond donors (Lipinski definition) is 1. The fraction of sp³-hybridized carbons (Fsp3) is 0.211. The van der Waals surface area contributed by atoms with E-state index >= 15 is 0 Å². The number of nitrogens with zero attached hydrogens (tertiary/aromatic N) is 1. The Labute approximate surface area is 129 Å². The molecule has 0 radical (unpaired) electrons. The summed E-state index contributed by atoms with van der Waals surface area (Å²) in [4.78, 5) is 4.49. The van der Waals surface area contributed by atoms with Gasteiger partial charge in [-0.2, -0.15) is 0 Å². The van der Waals surface area contributed by atoms with Crippen molar-refractivity contribution in [3.8, 4) is 11.3 Å². The van der Waals surface area contributed by atoms with Gasteiger partial charge in [0.05, 0.1) is 18.5 Å². The fourth-order valence-corrected chi connectivity index (χ4v) is 2.44. The molecule has 112 valence electrons. The van der Waals surface area contributed by atoms with Gasteiger partial charge in [0.2, 0.25) is 0 Å². The Morgan fingerprint density at radius 3 is 2.41 bits per heavy atom. The Hall–Kier alpha value is -2.39. The zero-order valence-corrected chi connectivity index (χ0v) is 12.8. The summed E-state index contributed by atoms with van der Waals surface area (Å²) in [5.41, 5.74) is 4.20. The van der Waals surface area contributed by atoms with E-state index in [4.69, 9.17) is 9.52 Å². The van der Waals surface area contributed by atoms with Crippen LogP contribution in [0.2, 0.25) is 0 Å². The second kappa shape index (κ2) is 6.16. The van der Waals surface area contributed by atoms with E-state index in [2.05, 4.69) is 30.1 Å². The van der Waals surface area contributed by atoms with Gasteiger partial charge in [0.15, 0.2) is 0 Å². The van der Waals surface area contributed by atoms with Crippen molar-refractivity contribution < 1.29 is 9.52 Å². The number of fused-ring (bicyclic) bond motifs is 1. The van der Waals surface area contributed by atoms with Gasteiger partial charge < -0.3 is 9.52 Å². The first-order valence-electron chi connectivity index (χ1n) is 7.40. The van der Waals surface area contributed by atoms with Crippen LogP contribution in [-0.4, -0.2) is 18.3 Å². The molecule has 3 heteroatoms. The second-order valence-corrected chi connectivity index (χ2v) is 5.47. The van der Waals surface area contributed by atoms with Crippen LogP contribution in [0.25, 0.3) is 22.3 Å². The summed E-state index contributed by atoms with van der Waals surface area (Å²) in [6, 6.07) is 16.2. The first-order chi connectivity index (χ1) is 10.7. The molecule has 3 rings (SSSR count). The minimum Gasteiger partial charge on any atom is -0.456 e. The topological polar surface area (TPSA) is 45.7 Å². The van der Waals surface area contributed by atoms with Crippen molar-refractivity contribution in [2.24, 2.45) is 4.99 Å². The molecule has 0 atom stereocenters. The molecule has 0 unspecified atom stereocenters. The Balaban J connectivity index is 2.24. The van der Waals surface area contributed by atoms with E-state index in [0.29, 0.717) is 6.54 Å². The summed E-state index contributed by atoms with van der Waals surface area (Å²) in [6.45, 7) is 4.54. The van der Waals surface area contributed by atoms with Crippen LogP contribution in [0, 0.1) is 13.8 Å². The zero-order valence-electron chi connectivity index (χ0n) is 12.8. The van der Waals surface area contributed by atoms with Crippen LogP contribution in [0.15, 0.2) is 57.9 Å². The van der Waals surface area contributed by atoms with Crippen molar-refractivity contribution >= 4 is 11.0 Å².